The van der Waals surface area contributed by atoms with Crippen LogP contribution in [0, 0.1) is 0 Å². The molecule has 1 amide bonds. The van der Waals surface area contributed by atoms with Gasteiger partial charge in [-0.05, 0) is 17.0 Å². The van der Waals surface area contributed by atoms with Crippen LogP contribution in [0.2, 0.25) is 0 Å². The standard InChI is InChI=1S/C26H26N6O2/c1-17(2)21-5-3-4-6-22(21)25-27-14-20-13-24(34)32(26(20)28-25)15-18-7-9-19(10-8-18)23-16-31(11-12-33)30-29-23/h3-10,14,16-17,33H,11-13,15H2,1-2H3. The minimum absolute atomic E-state index is 0.0153. The summed E-state index contributed by atoms with van der Waals surface area (Å²) in [6.07, 6.45) is 3.90. The lowest BCUT2D eigenvalue weighted by atomic mass is 9.97. The number of carbonyl (C=O) groups is 1. The summed E-state index contributed by atoms with van der Waals surface area (Å²) >= 11 is 0. The summed E-state index contributed by atoms with van der Waals surface area (Å²) in [5, 5.41) is 17.2. The smallest absolute Gasteiger partial charge is 0.233 e. The Bertz CT molecular complexity index is 1330. The summed E-state index contributed by atoms with van der Waals surface area (Å²) in [4.78, 5) is 24.0. The van der Waals surface area contributed by atoms with Crippen LogP contribution in [0.25, 0.3) is 22.6 Å². The zero-order chi connectivity index (χ0) is 23.7. The fourth-order valence-electron chi connectivity index (χ4n) is 4.24. The van der Waals surface area contributed by atoms with Gasteiger partial charge in [-0.15, -0.1) is 5.10 Å². The van der Waals surface area contributed by atoms with Gasteiger partial charge in [-0.3, -0.25) is 9.69 Å². The third kappa shape index (κ3) is 4.20. The Morgan fingerprint density at radius 3 is 2.65 bits per heavy atom. The van der Waals surface area contributed by atoms with Crippen molar-refractivity contribution in [2.24, 2.45) is 0 Å². The minimum Gasteiger partial charge on any atom is -0.394 e. The van der Waals surface area contributed by atoms with Crippen LogP contribution in [-0.4, -0.2) is 42.6 Å². The highest BCUT2D eigenvalue weighted by atomic mass is 16.3. The number of fused-ring (bicyclic) bond motifs is 1. The normalized spacial score (nSPS) is 13.1. The number of hydrogen-bond donors (Lipinski definition) is 1. The maximum Gasteiger partial charge on any atom is 0.233 e. The van der Waals surface area contributed by atoms with Gasteiger partial charge in [0.2, 0.25) is 5.91 Å². The van der Waals surface area contributed by atoms with E-state index in [1.54, 1.807) is 22.0 Å². The van der Waals surface area contributed by atoms with Crippen LogP contribution in [0.3, 0.4) is 0 Å². The summed E-state index contributed by atoms with van der Waals surface area (Å²) in [5.41, 5.74) is 5.70. The second kappa shape index (κ2) is 9.15. The van der Waals surface area contributed by atoms with Crippen LogP contribution >= 0.6 is 0 Å². The van der Waals surface area contributed by atoms with E-state index in [2.05, 4.69) is 35.2 Å². The molecule has 0 bridgehead atoms. The van der Waals surface area contributed by atoms with Crippen LogP contribution in [0.4, 0.5) is 5.82 Å². The lowest BCUT2D eigenvalue weighted by molar-refractivity contribution is -0.117. The van der Waals surface area contributed by atoms with E-state index in [-0.39, 0.29) is 12.5 Å². The van der Waals surface area contributed by atoms with Crippen molar-refractivity contribution >= 4 is 11.7 Å². The first-order chi connectivity index (χ1) is 16.5. The van der Waals surface area contributed by atoms with E-state index in [4.69, 9.17) is 10.1 Å². The number of aromatic nitrogens is 5. The highest BCUT2D eigenvalue weighted by Gasteiger charge is 2.30. The fourth-order valence-corrected chi connectivity index (χ4v) is 4.24. The topological polar surface area (TPSA) is 97.0 Å². The maximum absolute atomic E-state index is 12.8. The van der Waals surface area contributed by atoms with Crippen molar-refractivity contribution in [1.82, 2.24) is 25.0 Å². The molecule has 0 atom stereocenters. The lowest BCUT2D eigenvalue weighted by Crippen LogP contribution is -2.26. The molecule has 2 aromatic heterocycles. The Kier molecular flexibility index (Phi) is 5.90. The quantitative estimate of drug-likeness (QED) is 0.458. The van der Waals surface area contributed by atoms with Crippen LogP contribution < -0.4 is 4.90 Å². The summed E-state index contributed by atoms with van der Waals surface area (Å²) in [7, 11) is 0. The Balaban J connectivity index is 1.40. The van der Waals surface area contributed by atoms with Crippen molar-refractivity contribution in [3.8, 4) is 22.6 Å². The van der Waals surface area contributed by atoms with E-state index >= 15 is 0 Å². The van der Waals surface area contributed by atoms with Gasteiger partial charge in [0.1, 0.15) is 11.5 Å². The van der Waals surface area contributed by atoms with E-state index in [1.165, 1.54) is 5.56 Å². The number of aliphatic hydroxyl groups excluding tert-OH is 1. The highest BCUT2D eigenvalue weighted by molar-refractivity contribution is 6.00. The molecule has 8 nitrogen and oxygen atoms in total. The molecule has 0 spiro atoms. The van der Waals surface area contributed by atoms with Gasteiger partial charge >= 0.3 is 0 Å². The molecule has 0 aliphatic carbocycles. The summed E-state index contributed by atoms with van der Waals surface area (Å²) in [5.74, 6) is 1.69. The third-order valence-corrected chi connectivity index (χ3v) is 6.02. The Labute approximate surface area is 197 Å². The van der Waals surface area contributed by atoms with E-state index < -0.39 is 0 Å². The first-order valence-corrected chi connectivity index (χ1v) is 11.4. The van der Waals surface area contributed by atoms with Gasteiger partial charge in [-0.2, -0.15) is 0 Å². The maximum atomic E-state index is 12.8. The minimum atomic E-state index is 0.0153. The number of benzene rings is 2. The van der Waals surface area contributed by atoms with Crippen molar-refractivity contribution in [2.45, 2.75) is 39.3 Å². The summed E-state index contributed by atoms with van der Waals surface area (Å²) < 4.78 is 1.61. The van der Waals surface area contributed by atoms with E-state index in [1.807, 2.05) is 42.5 Å². The molecule has 1 aliphatic heterocycles. The predicted octanol–water partition coefficient (Wildman–Crippen LogP) is 3.61. The molecule has 0 saturated heterocycles. The van der Waals surface area contributed by atoms with Crippen LogP contribution in [0.15, 0.2) is 60.9 Å². The van der Waals surface area contributed by atoms with Crippen LogP contribution in [0.5, 0.6) is 0 Å². The summed E-state index contributed by atoms with van der Waals surface area (Å²) in [6.45, 7) is 5.16. The molecule has 34 heavy (non-hydrogen) atoms. The van der Waals surface area contributed by atoms with Crippen molar-refractivity contribution in [3.63, 3.8) is 0 Å². The zero-order valence-corrected chi connectivity index (χ0v) is 19.2. The molecular weight excluding hydrogens is 428 g/mol. The van der Waals surface area contributed by atoms with Gasteiger partial charge in [-0.1, -0.05) is 67.6 Å². The van der Waals surface area contributed by atoms with Gasteiger partial charge in [0, 0.05) is 22.9 Å². The Morgan fingerprint density at radius 1 is 1.09 bits per heavy atom. The second-order valence-electron chi connectivity index (χ2n) is 8.73. The second-order valence-corrected chi connectivity index (χ2v) is 8.73. The first-order valence-electron chi connectivity index (χ1n) is 11.4. The highest BCUT2D eigenvalue weighted by Crippen LogP contribution is 2.32. The van der Waals surface area contributed by atoms with Gasteiger partial charge in [0.05, 0.1) is 32.3 Å². The summed E-state index contributed by atoms with van der Waals surface area (Å²) in [6, 6.07) is 16.1. The lowest BCUT2D eigenvalue weighted by Gasteiger charge is -2.18. The van der Waals surface area contributed by atoms with Gasteiger partial charge in [0.15, 0.2) is 5.82 Å². The molecular formula is C26H26N6O2. The van der Waals surface area contributed by atoms with Crippen molar-refractivity contribution in [3.05, 3.63) is 77.6 Å². The fraction of sp³-hybridized carbons (Fsp3) is 0.269. The molecule has 8 heteroatoms. The van der Waals surface area contributed by atoms with Crippen LogP contribution in [0.1, 0.15) is 36.5 Å². The van der Waals surface area contributed by atoms with Crippen molar-refractivity contribution < 1.29 is 9.90 Å². The SMILES string of the molecule is CC(C)c1ccccc1-c1ncc2c(n1)N(Cc1ccc(-c3cn(CCO)nn3)cc1)C(=O)C2. The average molecular weight is 455 g/mol. The number of hydrogen-bond acceptors (Lipinski definition) is 6. The average Bonchev–Trinajstić information content (AvgIpc) is 3.44. The molecule has 172 valence electrons. The zero-order valence-electron chi connectivity index (χ0n) is 19.2. The molecule has 0 saturated carbocycles. The number of rotatable bonds is 7. The van der Waals surface area contributed by atoms with Crippen LogP contribution in [-0.2, 0) is 24.3 Å². The number of aliphatic hydroxyl groups is 1. The van der Waals surface area contributed by atoms with Crippen molar-refractivity contribution in [1.29, 1.82) is 0 Å². The number of nitrogens with zero attached hydrogens (tertiary/aromatic N) is 6. The first kappa shape index (κ1) is 21.9. The number of amides is 1. The predicted molar refractivity (Wildman–Crippen MR) is 129 cm³/mol. The molecule has 1 N–H and O–H groups in total. The van der Waals surface area contributed by atoms with Crippen molar-refractivity contribution in [2.75, 3.05) is 11.5 Å². The van der Waals surface area contributed by atoms with Gasteiger partial charge in [0.25, 0.3) is 0 Å². The number of anilines is 1. The van der Waals surface area contributed by atoms with E-state index in [9.17, 15) is 4.79 Å². The molecule has 2 aromatic carbocycles. The monoisotopic (exact) mass is 454 g/mol. The third-order valence-electron chi connectivity index (χ3n) is 6.02. The van der Waals surface area contributed by atoms with E-state index in [0.29, 0.717) is 37.1 Å². The van der Waals surface area contributed by atoms with Gasteiger partial charge < -0.3 is 5.11 Å². The molecule has 0 fully saturated rings. The molecule has 4 aromatic rings. The molecule has 0 radical (unpaired) electrons. The Morgan fingerprint density at radius 2 is 1.88 bits per heavy atom. The molecule has 3 heterocycles. The molecule has 5 rings (SSSR count). The number of carbonyl (C=O) groups excluding carboxylic acids is 1. The van der Waals surface area contributed by atoms with Gasteiger partial charge in [-0.25, -0.2) is 14.6 Å². The van der Waals surface area contributed by atoms with E-state index in [0.717, 1.165) is 27.9 Å². The Hall–Kier alpha value is -3.91. The molecule has 0 unspecified atom stereocenters. The largest absolute Gasteiger partial charge is 0.394 e. The molecule has 1 aliphatic rings.